The number of aromatic amines is 1. The average Bonchev–Trinajstić information content (AvgIpc) is 2.50. The van der Waals surface area contributed by atoms with E-state index in [-0.39, 0.29) is 5.91 Å². The molecule has 0 aromatic carbocycles. The third kappa shape index (κ3) is 2.85. The lowest BCUT2D eigenvalue weighted by molar-refractivity contribution is 0.0950. The van der Waals surface area contributed by atoms with Gasteiger partial charge in [-0.15, -0.1) is 0 Å². The highest BCUT2D eigenvalue weighted by Crippen LogP contribution is 2.01. The summed E-state index contributed by atoms with van der Waals surface area (Å²) in [7, 11) is 3.94. The predicted octanol–water partition coefficient (Wildman–Crippen LogP) is 0.00952. The number of nitrogens with one attached hydrogen (secondary N) is 2. The third-order valence-corrected chi connectivity index (χ3v) is 1.92. The summed E-state index contributed by atoms with van der Waals surface area (Å²) in [4.78, 5) is 13.5. The van der Waals surface area contributed by atoms with Gasteiger partial charge in [-0.3, -0.25) is 9.89 Å². The predicted molar refractivity (Wildman–Crippen MR) is 54.2 cm³/mol. The van der Waals surface area contributed by atoms with Crippen molar-refractivity contribution in [2.24, 2.45) is 0 Å². The maximum absolute atomic E-state index is 11.5. The van der Waals surface area contributed by atoms with Crippen LogP contribution in [0.3, 0.4) is 0 Å². The minimum atomic E-state index is -0.0712. The molecule has 0 unspecified atom stereocenters. The molecule has 1 heterocycles. The minimum Gasteiger partial charge on any atom is -0.351 e. The van der Waals surface area contributed by atoms with Crippen LogP contribution in [0.4, 0.5) is 0 Å². The Morgan fingerprint density at radius 1 is 1.64 bits per heavy atom. The molecule has 78 valence electrons. The number of rotatable bonds is 4. The van der Waals surface area contributed by atoms with Crippen molar-refractivity contribution in [3.63, 3.8) is 0 Å². The molecule has 0 aliphatic heterocycles. The molecule has 0 saturated carbocycles. The fourth-order valence-corrected chi connectivity index (χ4v) is 1.07. The number of carbonyl (C=O) groups is 1. The lowest BCUT2D eigenvalue weighted by Crippen LogP contribution is -2.31. The first-order chi connectivity index (χ1) is 6.61. The second-order valence-electron chi connectivity index (χ2n) is 3.47. The van der Waals surface area contributed by atoms with Crippen molar-refractivity contribution in [3.05, 3.63) is 17.5 Å². The van der Waals surface area contributed by atoms with E-state index in [2.05, 4.69) is 15.5 Å². The zero-order chi connectivity index (χ0) is 10.6. The molecule has 0 fully saturated rings. The van der Waals surface area contributed by atoms with Gasteiger partial charge in [-0.05, 0) is 21.0 Å². The van der Waals surface area contributed by atoms with E-state index in [1.807, 2.05) is 25.9 Å². The first-order valence-electron chi connectivity index (χ1n) is 4.54. The molecule has 0 radical (unpaired) electrons. The van der Waals surface area contributed by atoms with Crippen molar-refractivity contribution in [2.75, 3.05) is 27.2 Å². The molecule has 1 amide bonds. The number of aromatic nitrogens is 2. The monoisotopic (exact) mass is 196 g/mol. The van der Waals surface area contributed by atoms with E-state index in [1.165, 1.54) is 0 Å². The highest BCUT2D eigenvalue weighted by atomic mass is 16.1. The molecule has 1 aromatic rings. The molecule has 0 aliphatic rings. The van der Waals surface area contributed by atoms with Gasteiger partial charge >= 0.3 is 0 Å². The Balaban J connectivity index is 2.40. The van der Waals surface area contributed by atoms with E-state index >= 15 is 0 Å². The second-order valence-corrected chi connectivity index (χ2v) is 3.47. The van der Waals surface area contributed by atoms with Crippen LogP contribution in [0.15, 0.2) is 6.20 Å². The van der Waals surface area contributed by atoms with Gasteiger partial charge in [0.05, 0.1) is 11.8 Å². The van der Waals surface area contributed by atoms with Gasteiger partial charge in [-0.2, -0.15) is 5.10 Å². The van der Waals surface area contributed by atoms with Crippen molar-refractivity contribution in [3.8, 4) is 0 Å². The summed E-state index contributed by atoms with van der Waals surface area (Å²) in [5.41, 5.74) is 1.41. The Bertz CT molecular complexity index is 306. The van der Waals surface area contributed by atoms with Gasteiger partial charge in [0.15, 0.2) is 0 Å². The maximum atomic E-state index is 11.5. The second kappa shape index (κ2) is 4.76. The number of carbonyl (C=O) groups excluding carboxylic acids is 1. The highest BCUT2D eigenvalue weighted by Gasteiger charge is 2.09. The Morgan fingerprint density at radius 2 is 2.36 bits per heavy atom. The van der Waals surface area contributed by atoms with Crippen molar-refractivity contribution < 1.29 is 4.79 Å². The Morgan fingerprint density at radius 3 is 2.86 bits per heavy atom. The molecule has 14 heavy (non-hydrogen) atoms. The van der Waals surface area contributed by atoms with Gasteiger partial charge in [0.1, 0.15) is 0 Å². The number of amides is 1. The topological polar surface area (TPSA) is 61.0 Å². The largest absolute Gasteiger partial charge is 0.351 e. The first kappa shape index (κ1) is 10.7. The molecule has 0 bridgehead atoms. The fourth-order valence-electron chi connectivity index (χ4n) is 1.07. The maximum Gasteiger partial charge on any atom is 0.254 e. The van der Waals surface area contributed by atoms with Crippen LogP contribution < -0.4 is 5.32 Å². The Kier molecular flexibility index (Phi) is 3.64. The van der Waals surface area contributed by atoms with Crippen molar-refractivity contribution in [2.45, 2.75) is 6.92 Å². The van der Waals surface area contributed by atoms with Crippen LogP contribution in [0.25, 0.3) is 0 Å². The quantitative estimate of drug-likeness (QED) is 0.713. The molecule has 5 nitrogen and oxygen atoms in total. The average molecular weight is 196 g/mol. The number of hydrogen-bond acceptors (Lipinski definition) is 3. The smallest absolute Gasteiger partial charge is 0.254 e. The van der Waals surface area contributed by atoms with Crippen molar-refractivity contribution in [1.82, 2.24) is 20.4 Å². The minimum absolute atomic E-state index is 0.0712. The van der Waals surface area contributed by atoms with E-state index in [9.17, 15) is 4.79 Å². The van der Waals surface area contributed by atoms with Gasteiger partial charge in [-0.25, -0.2) is 0 Å². The Labute approximate surface area is 83.5 Å². The van der Waals surface area contributed by atoms with Crippen LogP contribution in [0, 0.1) is 6.92 Å². The molecule has 5 heteroatoms. The number of hydrogen-bond donors (Lipinski definition) is 2. The summed E-state index contributed by atoms with van der Waals surface area (Å²) < 4.78 is 0. The van der Waals surface area contributed by atoms with Gasteiger partial charge in [0.2, 0.25) is 0 Å². The normalized spacial score (nSPS) is 10.6. The van der Waals surface area contributed by atoms with Crippen LogP contribution >= 0.6 is 0 Å². The van der Waals surface area contributed by atoms with Crippen molar-refractivity contribution >= 4 is 5.91 Å². The number of aryl methyl sites for hydroxylation is 1. The Hall–Kier alpha value is -1.36. The summed E-state index contributed by atoms with van der Waals surface area (Å²) in [5.74, 6) is -0.0712. The van der Waals surface area contributed by atoms with Crippen LogP contribution in [-0.4, -0.2) is 48.2 Å². The van der Waals surface area contributed by atoms with Gasteiger partial charge < -0.3 is 10.2 Å². The van der Waals surface area contributed by atoms with E-state index < -0.39 is 0 Å². The zero-order valence-electron chi connectivity index (χ0n) is 8.79. The SMILES string of the molecule is Cc1[nH]ncc1C(=O)NCCN(C)C. The van der Waals surface area contributed by atoms with Crippen LogP contribution in [-0.2, 0) is 0 Å². The van der Waals surface area contributed by atoms with Gasteiger partial charge in [0.25, 0.3) is 5.91 Å². The molecule has 1 aromatic heterocycles. The molecule has 0 saturated heterocycles. The van der Waals surface area contributed by atoms with E-state index in [0.29, 0.717) is 12.1 Å². The highest BCUT2D eigenvalue weighted by molar-refractivity contribution is 5.94. The standard InChI is InChI=1S/C9H16N4O/c1-7-8(6-11-12-7)9(14)10-4-5-13(2)3/h6H,4-5H2,1-3H3,(H,10,14)(H,11,12). The zero-order valence-corrected chi connectivity index (χ0v) is 8.79. The van der Waals surface area contributed by atoms with E-state index in [0.717, 1.165) is 12.2 Å². The number of likely N-dealkylation sites (N-methyl/N-ethyl adjacent to an activating group) is 1. The molecular weight excluding hydrogens is 180 g/mol. The molecular formula is C9H16N4O. The summed E-state index contributed by atoms with van der Waals surface area (Å²) >= 11 is 0. The van der Waals surface area contributed by atoms with Gasteiger partial charge in [0, 0.05) is 18.8 Å². The van der Waals surface area contributed by atoms with Crippen LogP contribution in [0.5, 0.6) is 0 Å². The van der Waals surface area contributed by atoms with Crippen molar-refractivity contribution in [1.29, 1.82) is 0 Å². The first-order valence-corrected chi connectivity index (χ1v) is 4.54. The summed E-state index contributed by atoms with van der Waals surface area (Å²) in [5, 5.41) is 9.33. The third-order valence-electron chi connectivity index (χ3n) is 1.92. The molecule has 1 rings (SSSR count). The van der Waals surface area contributed by atoms with E-state index in [1.54, 1.807) is 6.20 Å². The lowest BCUT2D eigenvalue weighted by Gasteiger charge is -2.09. The molecule has 2 N–H and O–H groups in total. The molecule has 0 aliphatic carbocycles. The number of nitrogens with zero attached hydrogens (tertiary/aromatic N) is 2. The fraction of sp³-hybridized carbons (Fsp3) is 0.556. The van der Waals surface area contributed by atoms with E-state index in [4.69, 9.17) is 0 Å². The summed E-state index contributed by atoms with van der Waals surface area (Å²) in [6, 6.07) is 0. The summed E-state index contributed by atoms with van der Waals surface area (Å²) in [6.45, 7) is 3.31. The number of H-pyrrole nitrogens is 1. The molecule has 0 atom stereocenters. The molecule has 0 spiro atoms. The van der Waals surface area contributed by atoms with Crippen LogP contribution in [0.1, 0.15) is 16.1 Å². The summed E-state index contributed by atoms with van der Waals surface area (Å²) in [6.07, 6.45) is 1.54. The lowest BCUT2D eigenvalue weighted by atomic mass is 10.2. The van der Waals surface area contributed by atoms with Gasteiger partial charge in [-0.1, -0.05) is 0 Å². The van der Waals surface area contributed by atoms with Crippen LogP contribution in [0.2, 0.25) is 0 Å².